The third kappa shape index (κ3) is 8.87. The maximum Gasteiger partial charge on any atom is 0.388 e. The van der Waals surface area contributed by atoms with E-state index in [0.717, 1.165) is 17.8 Å². The average molecular weight is 403 g/mol. The van der Waals surface area contributed by atoms with Crippen molar-refractivity contribution in [3.63, 3.8) is 0 Å². The number of hydrogen-bond donors (Lipinski definition) is 4. The Labute approximate surface area is 163 Å². The number of alkyl halides is 2. The molecular weight excluding hydrogens is 375 g/mol. The first kappa shape index (κ1) is 25.4. The Morgan fingerprint density at radius 2 is 2.00 bits per heavy atom. The standard InChI is InChI=1S/C16H22F3N5O2.C2H6/c1-9(6-22-2)3-13(21)11(5-20)8-23-14(25)10-4-12(17)15(24-7-10)26-16(18)19;1-2/h3-4,7,16,22H,5-6,8,20-21H2,1-2H3,(H,23,25);1-2H3/b9-3-,13-11+;. The van der Waals surface area contributed by atoms with E-state index in [1.165, 1.54) is 0 Å². The maximum atomic E-state index is 13.6. The monoisotopic (exact) mass is 403 g/mol. The highest BCUT2D eigenvalue weighted by atomic mass is 19.3. The van der Waals surface area contributed by atoms with E-state index in [4.69, 9.17) is 11.5 Å². The smallest absolute Gasteiger partial charge is 0.388 e. The number of allylic oxidation sites excluding steroid dienone is 1. The van der Waals surface area contributed by atoms with Crippen molar-refractivity contribution in [3.8, 4) is 5.88 Å². The van der Waals surface area contributed by atoms with Crippen LogP contribution < -0.4 is 26.8 Å². The average Bonchev–Trinajstić information content (AvgIpc) is 2.65. The lowest BCUT2D eigenvalue weighted by Gasteiger charge is -2.11. The SMILES string of the molecule is CC.CNC/C(C)=C\C(N)=C(\CN)CNC(=O)c1cnc(OC(F)F)c(F)c1. The molecule has 0 unspecified atom stereocenters. The molecule has 0 fully saturated rings. The largest absolute Gasteiger partial charge is 0.414 e. The van der Waals surface area contributed by atoms with Crippen LogP contribution in [0.2, 0.25) is 0 Å². The summed E-state index contributed by atoms with van der Waals surface area (Å²) in [5.74, 6) is -2.71. The lowest BCUT2D eigenvalue weighted by Crippen LogP contribution is -2.29. The Hall–Kier alpha value is -2.59. The molecule has 0 bridgehead atoms. The molecule has 0 spiro atoms. The molecule has 158 valence electrons. The second-order valence-electron chi connectivity index (χ2n) is 5.36. The second-order valence-corrected chi connectivity index (χ2v) is 5.36. The van der Waals surface area contributed by atoms with Crippen LogP contribution in [-0.2, 0) is 0 Å². The van der Waals surface area contributed by atoms with Gasteiger partial charge in [0.2, 0.25) is 0 Å². The number of amides is 1. The number of carbonyl (C=O) groups is 1. The molecule has 7 nitrogen and oxygen atoms in total. The van der Waals surface area contributed by atoms with Gasteiger partial charge in [-0.1, -0.05) is 19.4 Å². The van der Waals surface area contributed by atoms with Crippen LogP contribution in [0.25, 0.3) is 0 Å². The first-order valence-corrected chi connectivity index (χ1v) is 8.66. The fourth-order valence-corrected chi connectivity index (χ4v) is 2.00. The van der Waals surface area contributed by atoms with E-state index >= 15 is 0 Å². The Bertz CT molecular complexity index is 694. The fraction of sp³-hybridized carbons (Fsp3) is 0.444. The summed E-state index contributed by atoms with van der Waals surface area (Å²) < 4.78 is 41.7. The Morgan fingerprint density at radius 3 is 2.50 bits per heavy atom. The lowest BCUT2D eigenvalue weighted by molar-refractivity contribution is -0.0553. The van der Waals surface area contributed by atoms with Gasteiger partial charge < -0.3 is 26.8 Å². The number of halogens is 3. The number of pyridine rings is 1. The molecule has 0 aromatic carbocycles. The van der Waals surface area contributed by atoms with E-state index < -0.39 is 24.2 Å². The zero-order valence-electron chi connectivity index (χ0n) is 16.5. The number of hydrogen-bond acceptors (Lipinski definition) is 6. The molecular formula is C18H28F3N5O2. The van der Waals surface area contributed by atoms with E-state index in [1.54, 1.807) is 13.1 Å². The number of ether oxygens (including phenoxy) is 1. The van der Waals surface area contributed by atoms with Crippen LogP contribution in [0.5, 0.6) is 5.88 Å². The molecule has 1 aromatic heterocycles. The van der Waals surface area contributed by atoms with Gasteiger partial charge >= 0.3 is 6.61 Å². The molecule has 0 aliphatic heterocycles. The van der Waals surface area contributed by atoms with E-state index in [1.807, 2.05) is 20.8 Å². The van der Waals surface area contributed by atoms with Gasteiger partial charge in [0.05, 0.1) is 5.56 Å². The number of carbonyl (C=O) groups excluding carboxylic acids is 1. The van der Waals surface area contributed by atoms with Crippen LogP contribution in [0.1, 0.15) is 31.1 Å². The van der Waals surface area contributed by atoms with E-state index in [-0.39, 0.29) is 18.7 Å². The Morgan fingerprint density at radius 1 is 1.36 bits per heavy atom. The number of rotatable bonds is 9. The predicted octanol–water partition coefficient (Wildman–Crippen LogP) is 1.92. The maximum absolute atomic E-state index is 13.6. The second kappa shape index (κ2) is 13.6. The van der Waals surface area contributed by atoms with Crippen LogP contribution in [0.4, 0.5) is 13.2 Å². The first-order valence-electron chi connectivity index (χ1n) is 8.66. The molecule has 0 aliphatic carbocycles. The highest BCUT2D eigenvalue weighted by Crippen LogP contribution is 2.16. The molecule has 0 radical (unpaired) electrons. The Balaban J connectivity index is 0.00000352. The van der Waals surface area contributed by atoms with Crippen molar-refractivity contribution in [3.05, 3.63) is 46.6 Å². The normalized spacial score (nSPS) is 12.1. The number of aromatic nitrogens is 1. The van der Waals surface area contributed by atoms with Gasteiger partial charge in [-0.15, -0.1) is 0 Å². The molecule has 0 aliphatic rings. The van der Waals surface area contributed by atoms with Gasteiger partial charge in [0.25, 0.3) is 11.8 Å². The van der Waals surface area contributed by atoms with E-state index in [2.05, 4.69) is 20.4 Å². The summed E-state index contributed by atoms with van der Waals surface area (Å²) in [7, 11) is 1.80. The minimum absolute atomic E-state index is 0.0431. The molecule has 28 heavy (non-hydrogen) atoms. The van der Waals surface area contributed by atoms with Crippen molar-refractivity contribution < 1.29 is 22.7 Å². The molecule has 0 atom stereocenters. The van der Waals surface area contributed by atoms with Crippen molar-refractivity contribution in [2.24, 2.45) is 11.5 Å². The summed E-state index contributed by atoms with van der Waals surface area (Å²) in [4.78, 5) is 15.4. The molecule has 0 saturated carbocycles. The predicted molar refractivity (Wildman–Crippen MR) is 102 cm³/mol. The van der Waals surface area contributed by atoms with Gasteiger partial charge in [-0.05, 0) is 31.7 Å². The van der Waals surface area contributed by atoms with Gasteiger partial charge in [0, 0.05) is 31.5 Å². The van der Waals surface area contributed by atoms with Crippen LogP contribution in [0, 0.1) is 5.82 Å². The summed E-state index contributed by atoms with van der Waals surface area (Å²) in [5, 5.41) is 5.50. The molecule has 1 rings (SSSR count). The van der Waals surface area contributed by atoms with Crippen LogP contribution in [-0.4, -0.2) is 44.2 Å². The van der Waals surface area contributed by atoms with Gasteiger partial charge in [-0.2, -0.15) is 8.78 Å². The molecule has 10 heteroatoms. The quantitative estimate of drug-likeness (QED) is 0.468. The third-order valence-electron chi connectivity index (χ3n) is 3.24. The molecule has 1 aromatic rings. The zero-order chi connectivity index (χ0) is 21.7. The number of nitrogens with one attached hydrogen (secondary N) is 2. The van der Waals surface area contributed by atoms with Crippen LogP contribution >= 0.6 is 0 Å². The third-order valence-corrected chi connectivity index (χ3v) is 3.24. The van der Waals surface area contributed by atoms with Crippen molar-refractivity contribution in [1.29, 1.82) is 0 Å². The molecule has 1 amide bonds. The van der Waals surface area contributed by atoms with Gasteiger partial charge in [0.1, 0.15) is 0 Å². The fourth-order valence-electron chi connectivity index (χ4n) is 2.00. The summed E-state index contributed by atoms with van der Waals surface area (Å²) >= 11 is 0. The van der Waals surface area contributed by atoms with E-state index in [9.17, 15) is 18.0 Å². The van der Waals surface area contributed by atoms with Gasteiger partial charge in [-0.25, -0.2) is 9.37 Å². The molecule has 1 heterocycles. The summed E-state index contributed by atoms with van der Waals surface area (Å²) in [5.41, 5.74) is 13.4. The van der Waals surface area contributed by atoms with Crippen LogP contribution in [0.15, 0.2) is 35.2 Å². The van der Waals surface area contributed by atoms with Crippen molar-refractivity contribution in [2.45, 2.75) is 27.4 Å². The highest BCUT2D eigenvalue weighted by Gasteiger charge is 2.15. The summed E-state index contributed by atoms with van der Waals surface area (Å²) in [6.45, 7) is 3.47. The summed E-state index contributed by atoms with van der Waals surface area (Å²) in [6.07, 6.45) is 2.67. The first-order chi connectivity index (χ1) is 13.3. The lowest BCUT2D eigenvalue weighted by atomic mass is 10.1. The van der Waals surface area contributed by atoms with Crippen molar-refractivity contribution in [1.82, 2.24) is 15.6 Å². The highest BCUT2D eigenvalue weighted by molar-refractivity contribution is 5.94. The Kier molecular flexibility index (Phi) is 12.3. The minimum atomic E-state index is -3.21. The number of nitrogens with zero attached hydrogens (tertiary/aromatic N) is 1. The summed E-state index contributed by atoms with van der Waals surface area (Å²) in [6, 6.07) is 0.756. The number of likely N-dealkylation sites (N-methyl/N-ethyl adjacent to an activating group) is 1. The number of nitrogens with two attached hydrogens (primary N) is 2. The van der Waals surface area contributed by atoms with Gasteiger partial charge in [0.15, 0.2) is 5.82 Å². The van der Waals surface area contributed by atoms with E-state index in [0.29, 0.717) is 17.8 Å². The molecule has 6 N–H and O–H groups in total. The zero-order valence-corrected chi connectivity index (χ0v) is 16.5. The minimum Gasteiger partial charge on any atom is -0.414 e. The van der Waals surface area contributed by atoms with Crippen molar-refractivity contribution >= 4 is 5.91 Å². The van der Waals surface area contributed by atoms with Gasteiger partial charge in [-0.3, -0.25) is 4.79 Å². The topological polar surface area (TPSA) is 115 Å². The van der Waals surface area contributed by atoms with Crippen molar-refractivity contribution in [2.75, 3.05) is 26.7 Å². The molecule has 0 saturated heterocycles. The van der Waals surface area contributed by atoms with Crippen LogP contribution in [0.3, 0.4) is 0 Å².